The Morgan fingerprint density at radius 1 is 1.38 bits per heavy atom. The van der Waals surface area contributed by atoms with Gasteiger partial charge in [0.05, 0.1) is 17.3 Å². The molecule has 0 aliphatic carbocycles. The van der Waals surface area contributed by atoms with Gasteiger partial charge >= 0.3 is 0 Å². The van der Waals surface area contributed by atoms with Crippen LogP contribution in [0.25, 0.3) is 6.05 Å². The standard InChI is InChI=1S/C13H18O3/c1-2-15-10-11-16-13-7-5-12(6-8-13)4-3-9-14/h3-8,14H,2,9-11H2,1H3/b4-3+/i4D,9D2. The van der Waals surface area contributed by atoms with Crippen LogP contribution in [0.15, 0.2) is 30.3 Å². The van der Waals surface area contributed by atoms with Crippen molar-refractivity contribution < 1.29 is 18.7 Å². The van der Waals surface area contributed by atoms with E-state index in [1.807, 2.05) is 6.92 Å². The van der Waals surface area contributed by atoms with Gasteiger partial charge in [-0.2, -0.15) is 0 Å². The van der Waals surface area contributed by atoms with Crippen molar-refractivity contribution in [3.8, 4) is 5.75 Å². The molecule has 0 radical (unpaired) electrons. The lowest BCUT2D eigenvalue weighted by Gasteiger charge is -2.06. The van der Waals surface area contributed by atoms with Crippen LogP contribution in [-0.4, -0.2) is 31.5 Å². The molecule has 0 aromatic heterocycles. The van der Waals surface area contributed by atoms with Crippen molar-refractivity contribution in [3.63, 3.8) is 0 Å². The number of aliphatic hydroxyl groups is 1. The number of rotatable bonds is 7. The molecule has 0 unspecified atom stereocenters. The van der Waals surface area contributed by atoms with E-state index in [0.29, 0.717) is 31.1 Å². The summed E-state index contributed by atoms with van der Waals surface area (Å²) in [5.74, 6) is 0.656. The van der Waals surface area contributed by atoms with Crippen LogP contribution in [0.3, 0.4) is 0 Å². The van der Waals surface area contributed by atoms with Crippen LogP contribution in [0, 0.1) is 0 Å². The molecule has 1 N–H and O–H groups in total. The third-order valence-corrected chi connectivity index (χ3v) is 1.86. The molecular weight excluding hydrogens is 204 g/mol. The van der Waals surface area contributed by atoms with Crippen LogP contribution in [0.2, 0.25) is 0 Å². The third kappa shape index (κ3) is 4.96. The van der Waals surface area contributed by atoms with E-state index in [4.69, 9.17) is 18.7 Å². The average molecular weight is 225 g/mol. The Morgan fingerprint density at radius 3 is 2.75 bits per heavy atom. The molecule has 0 aliphatic rings. The predicted molar refractivity (Wildman–Crippen MR) is 64.5 cm³/mol. The van der Waals surface area contributed by atoms with E-state index in [1.165, 1.54) is 0 Å². The van der Waals surface area contributed by atoms with Gasteiger partial charge in [0, 0.05) is 6.61 Å². The van der Waals surface area contributed by atoms with Crippen LogP contribution in [0.1, 0.15) is 16.6 Å². The minimum absolute atomic E-state index is 0.0756. The fourth-order valence-electron chi connectivity index (χ4n) is 1.13. The highest BCUT2D eigenvalue weighted by Gasteiger charge is 1.93. The molecule has 1 rings (SSSR count). The minimum atomic E-state index is -2.48. The zero-order valence-electron chi connectivity index (χ0n) is 12.3. The number of ether oxygens (including phenoxy) is 2. The van der Waals surface area contributed by atoms with Gasteiger partial charge in [-0.15, -0.1) is 0 Å². The zero-order valence-corrected chi connectivity index (χ0v) is 9.27. The van der Waals surface area contributed by atoms with Crippen molar-refractivity contribution in [2.24, 2.45) is 0 Å². The highest BCUT2D eigenvalue weighted by molar-refractivity contribution is 5.50. The highest BCUT2D eigenvalue weighted by atomic mass is 16.5. The van der Waals surface area contributed by atoms with E-state index in [2.05, 4.69) is 0 Å². The lowest BCUT2D eigenvalue weighted by molar-refractivity contribution is 0.110. The Bertz CT molecular complexity index is 410. The molecule has 3 nitrogen and oxygen atoms in total. The Labute approximate surface area is 101 Å². The lowest BCUT2D eigenvalue weighted by Crippen LogP contribution is -2.06. The van der Waals surface area contributed by atoms with Gasteiger partial charge in [0.15, 0.2) is 0 Å². The van der Waals surface area contributed by atoms with E-state index in [1.54, 1.807) is 24.3 Å². The average Bonchev–Trinajstić information content (AvgIpc) is 2.33. The SMILES string of the molecule is [2H]/C(=C\C([2H])([2H])O)c1ccc(OCCOCC)cc1. The van der Waals surface area contributed by atoms with Crippen LogP contribution in [-0.2, 0) is 4.74 Å². The summed E-state index contributed by atoms with van der Waals surface area (Å²) in [6.45, 7) is 1.06. The molecule has 0 atom stereocenters. The van der Waals surface area contributed by atoms with Crippen LogP contribution in [0.4, 0.5) is 0 Å². The maximum absolute atomic E-state index is 8.97. The van der Waals surface area contributed by atoms with Gasteiger partial charge in [-0.3, -0.25) is 0 Å². The molecule has 0 heterocycles. The normalized spacial score (nSPS) is 15.1. The second-order valence-corrected chi connectivity index (χ2v) is 2.99. The molecule has 0 aliphatic heterocycles. The highest BCUT2D eigenvalue weighted by Crippen LogP contribution is 2.12. The van der Waals surface area contributed by atoms with Gasteiger partial charge in [0.25, 0.3) is 0 Å². The Kier molecular flexibility index (Phi) is 4.34. The monoisotopic (exact) mass is 225 g/mol. The van der Waals surface area contributed by atoms with Crippen molar-refractivity contribution in [2.45, 2.75) is 6.92 Å². The third-order valence-electron chi connectivity index (χ3n) is 1.86. The maximum atomic E-state index is 8.97. The van der Waals surface area contributed by atoms with Crippen molar-refractivity contribution in [3.05, 3.63) is 35.9 Å². The van der Waals surface area contributed by atoms with E-state index < -0.39 is 6.56 Å². The Hall–Kier alpha value is -1.32. The molecule has 0 spiro atoms. The van der Waals surface area contributed by atoms with Gasteiger partial charge in [0.2, 0.25) is 0 Å². The van der Waals surface area contributed by atoms with Gasteiger partial charge in [-0.25, -0.2) is 0 Å². The Morgan fingerprint density at radius 2 is 2.12 bits per heavy atom. The van der Waals surface area contributed by atoms with Crippen molar-refractivity contribution in [1.29, 1.82) is 0 Å². The van der Waals surface area contributed by atoms with Crippen molar-refractivity contribution in [2.75, 3.05) is 26.4 Å². The summed E-state index contributed by atoms with van der Waals surface area (Å²) in [5.41, 5.74) is 0.509. The molecule has 0 saturated carbocycles. The number of benzene rings is 1. The number of hydrogen-bond donors (Lipinski definition) is 1. The summed E-state index contributed by atoms with van der Waals surface area (Å²) in [6, 6.07) is 6.59. The van der Waals surface area contributed by atoms with E-state index in [0.717, 1.165) is 6.08 Å². The largest absolute Gasteiger partial charge is 0.491 e. The molecular formula is C13H18O3. The van der Waals surface area contributed by atoms with Gasteiger partial charge in [-0.05, 0) is 24.6 Å². The predicted octanol–water partition coefficient (Wildman–Crippen LogP) is 2.11. The first kappa shape index (κ1) is 8.79. The molecule has 1 aromatic carbocycles. The summed E-state index contributed by atoms with van der Waals surface area (Å²) in [7, 11) is 0. The second kappa shape index (κ2) is 7.91. The molecule has 3 heteroatoms. The summed E-state index contributed by atoms with van der Waals surface area (Å²) < 4.78 is 32.1. The van der Waals surface area contributed by atoms with Crippen LogP contribution >= 0.6 is 0 Å². The molecule has 88 valence electrons. The fourth-order valence-corrected chi connectivity index (χ4v) is 1.13. The first-order valence-electron chi connectivity index (χ1n) is 6.65. The van der Waals surface area contributed by atoms with E-state index >= 15 is 0 Å². The summed E-state index contributed by atoms with van der Waals surface area (Å²) in [4.78, 5) is 0. The van der Waals surface area contributed by atoms with Crippen LogP contribution < -0.4 is 4.74 Å². The van der Waals surface area contributed by atoms with Gasteiger partial charge < -0.3 is 14.6 Å². The molecule has 0 saturated heterocycles. The summed E-state index contributed by atoms with van der Waals surface area (Å²) in [6.07, 6.45) is 0.845. The molecule has 1 aromatic rings. The Balaban J connectivity index is 2.59. The molecule has 0 bridgehead atoms. The van der Waals surface area contributed by atoms with Gasteiger partial charge in [0.1, 0.15) is 12.4 Å². The molecule has 0 fully saturated rings. The first-order chi connectivity index (χ1) is 8.92. The summed E-state index contributed by atoms with van der Waals surface area (Å²) in [5, 5.41) is 8.97. The molecule has 16 heavy (non-hydrogen) atoms. The second-order valence-electron chi connectivity index (χ2n) is 2.99. The lowest BCUT2D eigenvalue weighted by atomic mass is 10.2. The molecule has 0 amide bonds. The minimum Gasteiger partial charge on any atom is -0.491 e. The smallest absolute Gasteiger partial charge is 0.119 e. The summed E-state index contributed by atoms with van der Waals surface area (Å²) >= 11 is 0. The number of hydrogen-bond acceptors (Lipinski definition) is 3. The first-order valence-corrected chi connectivity index (χ1v) is 5.15. The zero-order chi connectivity index (χ0) is 14.3. The van der Waals surface area contributed by atoms with Gasteiger partial charge in [-0.1, -0.05) is 24.3 Å². The van der Waals surface area contributed by atoms with E-state index in [9.17, 15) is 0 Å². The van der Waals surface area contributed by atoms with Crippen LogP contribution in [0.5, 0.6) is 5.75 Å². The van der Waals surface area contributed by atoms with Crippen molar-refractivity contribution >= 4 is 6.05 Å². The quantitative estimate of drug-likeness (QED) is 0.722. The maximum Gasteiger partial charge on any atom is 0.119 e. The van der Waals surface area contributed by atoms with E-state index in [-0.39, 0.29) is 6.05 Å². The fraction of sp³-hybridized carbons (Fsp3) is 0.385. The topological polar surface area (TPSA) is 38.7 Å². The van der Waals surface area contributed by atoms with Crippen molar-refractivity contribution in [1.82, 2.24) is 0 Å².